The molecule has 0 aromatic carbocycles. The second-order valence-corrected chi connectivity index (χ2v) is 8.15. The van der Waals surface area contributed by atoms with Crippen molar-refractivity contribution in [2.45, 2.75) is 70.8 Å². The summed E-state index contributed by atoms with van der Waals surface area (Å²) in [5.41, 5.74) is 6.19. The molecule has 0 bridgehead atoms. The molecule has 0 amide bonds. The number of nitrogens with two attached hydrogens (primary N) is 1. The van der Waals surface area contributed by atoms with Crippen LogP contribution in [0.3, 0.4) is 0 Å². The van der Waals surface area contributed by atoms with Gasteiger partial charge in [-0.3, -0.25) is 0 Å². The fourth-order valence-electron chi connectivity index (χ4n) is 3.35. The number of aliphatic hydroxyl groups is 1. The van der Waals surface area contributed by atoms with E-state index in [0.717, 1.165) is 23.6 Å². The zero-order chi connectivity index (χ0) is 16.5. The molecule has 1 saturated carbocycles. The molecule has 1 aliphatic rings. The normalized spacial score (nSPS) is 18.2. The predicted molar refractivity (Wildman–Crippen MR) is 99.4 cm³/mol. The standard InChI is InChI=1S/C20H31NOS/c1-16(15-22)14-19(21)20-13-12-18(23-20)11-7-3-6-10-17-8-4-2-5-9-17/h12-13,16-17,19,22H,2-6,8-10,14-15,21H2,1H3/t16-,19?/m1/s1. The van der Waals surface area contributed by atoms with E-state index in [0.29, 0.717) is 0 Å². The van der Waals surface area contributed by atoms with E-state index in [1.807, 2.05) is 6.92 Å². The summed E-state index contributed by atoms with van der Waals surface area (Å²) in [5, 5.41) is 9.12. The van der Waals surface area contributed by atoms with Crippen molar-refractivity contribution in [1.29, 1.82) is 0 Å². The first kappa shape index (κ1) is 18.5. The van der Waals surface area contributed by atoms with Gasteiger partial charge in [0.1, 0.15) is 0 Å². The summed E-state index contributed by atoms with van der Waals surface area (Å²) in [7, 11) is 0. The first-order valence-electron chi connectivity index (χ1n) is 9.14. The lowest BCUT2D eigenvalue weighted by molar-refractivity contribution is 0.224. The molecule has 23 heavy (non-hydrogen) atoms. The molecule has 1 unspecified atom stereocenters. The number of aliphatic hydroxyl groups excluding tert-OH is 1. The summed E-state index contributed by atoms with van der Waals surface area (Å²) in [4.78, 5) is 2.29. The predicted octanol–water partition coefficient (Wildman–Crippen LogP) is 4.87. The fraction of sp³-hybridized carbons (Fsp3) is 0.700. The molecule has 128 valence electrons. The molecular weight excluding hydrogens is 302 g/mol. The van der Waals surface area contributed by atoms with Gasteiger partial charge in [-0.25, -0.2) is 0 Å². The molecule has 1 aliphatic carbocycles. The summed E-state index contributed by atoms with van der Waals surface area (Å²) in [6.07, 6.45) is 11.6. The highest BCUT2D eigenvalue weighted by Gasteiger charge is 2.13. The first-order chi connectivity index (χ1) is 11.2. The van der Waals surface area contributed by atoms with Crippen molar-refractivity contribution in [1.82, 2.24) is 0 Å². The molecule has 2 nitrogen and oxygen atoms in total. The Labute approximate surface area is 145 Å². The van der Waals surface area contributed by atoms with Crippen molar-refractivity contribution in [3.63, 3.8) is 0 Å². The molecule has 0 spiro atoms. The maximum absolute atomic E-state index is 9.12. The Morgan fingerprint density at radius 3 is 2.83 bits per heavy atom. The van der Waals surface area contributed by atoms with E-state index in [9.17, 15) is 0 Å². The van der Waals surface area contributed by atoms with E-state index in [1.165, 1.54) is 49.8 Å². The number of hydrogen-bond acceptors (Lipinski definition) is 3. The minimum Gasteiger partial charge on any atom is -0.396 e. The highest BCUT2D eigenvalue weighted by molar-refractivity contribution is 7.12. The molecule has 1 fully saturated rings. The molecule has 2 atom stereocenters. The molecule has 3 heteroatoms. The van der Waals surface area contributed by atoms with E-state index >= 15 is 0 Å². The smallest absolute Gasteiger partial charge is 0.0771 e. The van der Waals surface area contributed by atoms with Crippen LogP contribution in [-0.2, 0) is 0 Å². The third kappa shape index (κ3) is 6.67. The summed E-state index contributed by atoms with van der Waals surface area (Å²) in [6, 6.07) is 4.19. The highest BCUT2D eigenvalue weighted by atomic mass is 32.1. The van der Waals surface area contributed by atoms with Gasteiger partial charge in [0, 0.05) is 23.9 Å². The van der Waals surface area contributed by atoms with Crippen molar-refractivity contribution < 1.29 is 5.11 Å². The van der Waals surface area contributed by atoms with Gasteiger partial charge in [-0.1, -0.05) is 50.9 Å². The van der Waals surface area contributed by atoms with Crippen LogP contribution in [0, 0.1) is 23.7 Å². The number of rotatable bonds is 7. The molecule has 3 N–H and O–H groups in total. The summed E-state index contributed by atoms with van der Waals surface area (Å²) < 4.78 is 0. The highest BCUT2D eigenvalue weighted by Crippen LogP contribution is 2.28. The lowest BCUT2D eigenvalue weighted by Gasteiger charge is -2.20. The van der Waals surface area contributed by atoms with E-state index < -0.39 is 0 Å². The van der Waals surface area contributed by atoms with Crippen molar-refractivity contribution in [2.75, 3.05) is 6.61 Å². The van der Waals surface area contributed by atoms with Gasteiger partial charge in [0.25, 0.3) is 0 Å². The van der Waals surface area contributed by atoms with Crippen LogP contribution in [0.15, 0.2) is 12.1 Å². The Balaban J connectivity index is 1.71. The summed E-state index contributed by atoms with van der Waals surface area (Å²) >= 11 is 1.70. The van der Waals surface area contributed by atoms with Crippen LogP contribution in [0.1, 0.15) is 80.5 Å². The fourth-order valence-corrected chi connectivity index (χ4v) is 4.24. The van der Waals surface area contributed by atoms with Crippen molar-refractivity contribution >= 4 is 11.3 Å². The van der Waals surface area contributed by atoms with Crippen LogP contribution >= 0.6 is 11.3 Å². The van der Waals surface area contributed by atoms with Gasteiger partial charge in [-0.15, -0.1) is 11.3 Å². The average Bonchev–Trinajstić information content (AvgIpc) is 3.04. The minimum absolute atomic E-state index is 0.0176. The van der Waals surface area contributed by atoms with Crippen molar-refractivity contribution in [2.24, 2.45) is 17.6 Å². The third-order valence-corrected chi connectivity index (χ3v) is 5.94. The van der Waals surface area contributed by atoms with Crippen LogP contribution in [0.25, 0.3) is 0 Å². The molecule has 1 heterocycles. The first-order valence-corrected chi connectivity index (χ1v) is 9.95. The van der Waals surface area contributed by atoms with Gasteiger partial charge in [-0.2, -0.15) is 0 Å². The Bertz CT molecular complexity index is 507. The van der Waals surface area contributed by atoms with E-state index in [4.69, 9.17) is 10.8 Å². The third-order valence-electron chi connectivity index (χ3n) is 4.81. The van der Waals surface area contributed by atoms with Crippen LogP contribution in [0.4, 0.5) is 0 Å². The average molecular weight is 334 g/mol. The molecular formula is C20H31NOS. The molecule has 0 radical (unpaired) electrons. The monoisotopic (exact) mass is 333 g/mol. The molecule has 2 rings (SSSR count). The number of unbranched alkanes of at least 4 members (excludes halogenated alkanes) is 1. The van der Waals surface area contributed by atoms with E-state index in [2.05, 4.69) is 24.0 Å². The van der Waals surface area contributed by atoms with Crippen molar-refractivity contribution in [3.8, 4) is 11.8 Å². The maximum Gasteiger partial charge on any atom is 0.0771 e. The van der Waals surface area contributed by atoms with Gasteiger partial charge in [0.15, 0.2) is 0 Å². The SMILES string of the molecule is C[C@@H](CO)CC(N)c1ccc(C#CCCCC2CCCCC2)s1. The lowest BCUT2D eigenvalue weighted by Crippen LogP contribution is -2.14. The lowest BCUT2D eigenvalue weighted by atomic mass is 9.86. The zero-order valence-corrected chi connectivity index (χ0v) is 15.2. The Hall–Kier alpha value is -0.820. The maximum atomic E-state index is 9.12. The summed E-state index contributed by atoms with van der Waals surface area (Å²) in [6.45, 7) is 2.23. The summed E-state index contributed by atoms with van der Waals surface area (Å²) in [5.74, 6) is 7.83. The van der Waals surface area contributed by atoms with Gasteiger partial charge >= 0.3 is 0 Å². The van der Waals surface area contributed by atoms with Crippen LogP contribution in [-0.4, -0.2) is 11.7 Å². The molecule has 0 aliphatic heterocycles. The van der Waals surface area contributed by atoms with Crippen LogP contribution < -0.4 is 5.73 Å². The topological polar surface area (TPSA) is 46.2 Å². The van der Waals surface area contributed by atoms with E-state index in [-0.39, 0.29) is 18.6 Å². The van der Waals surface area contributed by atoms with Gasteiger partial charge in [0.05, 0.1) is 4.88 Å². The molecule has 1 aromatic rings. The number of thiophene rings is 1. The van der Waals surface area contributed by atoms with Gasteiger partial charge in [-0.05, 0) is 43.2 Å². The van der Waals surface area contributed by atoms with Crippen molar-refractivity contribution in [3.05, 3.63) is 21.9 Å². The molecule has 0 saturated heterocycles. The molecule has 1 aromatic heterocycles. The second-order valence-electron chi connectivity index (χ2n) is 7.03. The Morgan fingerprint density at radius 1 is 1.30 bits per heavy atom. The minimum atomic E-state index is 0.0176. The van der Waals surface area contributed by atoms with Gasteiger partial charge < -0.3 is 10.8 Å². The van der Waals surface area contributed by atoms with Gasteiger partial charge in [0.2, 0.25) is 0 Å². The number of hydrogen-bond donors (Lipinski definition) is 2. The Kier molecular flexibility index (Phi) is 8.16. The zero-order valence-electron chi connectivity index (χ0n) is 14.4. The quantitative estimate of drug-likeness (QED) is 0.552. The van der Waals surface area contributed by atoms with Crippen LogP contribution in [0.2, 0.25) is 0 Å². The largest absolute Gasteiger partial charge is 0.396 e. The second kappa shape index (κ2) is 10.1. The van der Waals surface area contributed by atoms with E-state index in [1.54, 1.807) is 11.3 Å². The Morgan fingerprint density at radius 2 is 2.09 bits per heavy atom. The van der Waals surface area contributed by atoms with Crippen LogP contribution in [0.5, 0.6) is 0 Å².